The summed E-state index contributed by atoms with van der Waals surface area (Å²) in [4.78, 5) is 32.8. The van der Waals surface area contributed by atoms with E-state index in [0.29, 0.717) is 33.5 Å². The Hall–Kier alpha value is -7.65. The number of anilines is 2. The number of hydrazine groups is 1. The first-order chi connectivity index (χ1) is 28.4. The number of carbonyl (C=O) groups is 3. The average Bonchev–Trinajstić information content (AvgIpc) is 3.79. The number of aromatic amines is 2. The molecule has 60 heavy (non-hydrogen) atoms. The second-order valence-corrected chi connectivity index (χ2v) is 12.9. The van der Waals surface area contributed by atoms with E-state index in [1.165, 1.54) is 12.1 Å². The molecule has 0 spiro atoms. The second kappa shape index (κ2) is 23.5. The molecule has 12 N–H and O–H groups in total. The first kappa shape index (κ1) is 46.7. The Bertz CT molecular complexity index is 2660. The van der Waals surface area contributed by atoms with E-state index in [0.717, 1.165) is 50.1 Å². The van der Waals surface area contributed by atoms with Crippen LogP contribution in [0.4, 0.5) is 16.0 Å². The molecule has 0 saturated carbocycles. The molecule has 308 valence electrons. The van der Waals surface area contributed by atoms with E-state index in [1.54, 1.807) is 54.9 Å². The third kappa shape index (κ3) is 14.4. The van der Waals surface area contributed by atoms with Crippen LogP contribution in [0.3, 0.4) is 0 Å². The third-order valence-corrected chi connectivity index (χ3v) is 8.24. The summed E-state index contributed by atoms with van der Waals surface area (Å²) < 4.78 is 12.6. The van der Waals surface area contributed by atoms with Gasteiger partial charge in [0.1, 0.15) is 18.2 Å². The van der Waals surface area contributed by atoms with E-state index in [2.05, 4.69) is 41.4 Å². The molecule has 16 nitrogen and oxygen atoms in total. The molecule has 19 heteroatoms. The van der Waals surface area contributed by atoms with Gasteiger partial charge in [-0.2, -0.15) is 25.7 Å². The number of rotatable bonds is 8. The largest absolute Gasteiger partial charge is 0.382 e. The van der Waals surface area contributed by atoms with Gasteiger partial charge in [0.15, 0.2) is 11.6 Å². The van der Waals surface area contributed by atoms with Crippen LogP contribution >= 0.6 is 23.2 Å². The van der Waals surface area contributed by atoms with Gasteiger partial charge in [-0.1, -0.05) is 67.0 Å². The Balaban J connectivity index is 0.000000224. The molecule has 0 aliphatic heterocycles. The van der Waals surface area contributed by atoms with Gasteiger partial charge in [0, 0.05) is 26.4 Å². The molecule has 0 aliphatic carbocycles. The first-order valence-corrected chi connectivity index (χ1v) is 17.8. The zero-order valence-corrected chi connectivity index (χ0v) is 32.4. The maximum Gasteiger partial charge on any atom is 0.244 e. The fourth-order valence-corrected chi connectivity index (χ4v) is 5.41. The van der Waals surface area contributed by atoms with Crippen molar-refractivity contribution in [2.75, 3.05) is 11.5 Å². The molecule has 2 heterocycles. The molecule has 0 bridgehead atoms. The molecule has 2 aromatic heterocycles. The maximum absolute atomic E-state index is 12.6. The zero-order chi connectivity index (χ0) is 42.7. The number of nitriles is 1. The molecule has 0 aliphatic rings. The van der Waals surface area contributed by atoms with Gasteiger partial charge in [0.2, 0.25) is 11.8 Å². The van der Waals surface area contributed by atoms with Crippen molar-refractivity contribution in [3.8, 4) is 6.07 Å². The summed E-state index contributed by atoms with van der Waals surface area (Å²) in [6.07, 6.45) is 4.16. The Kier molecular flexibility index (Phi) is 18.3. The van der Waals surface area contributed by atoms with Crippen LogP contribution in [0.25, 0.3) is 21.8 Å². The monoisotopic (exact) mass is 851 g/mol. The topological polar surface area (TPSA) is 285 Å². The molecule has 2 amide bonds. The molecule has 0 radical (unpaired) electrons. The SMILES string of the molecule is C.N#Cc1cc(C=O)ccc1F.N/N=C/c1ccc2[nH]nc(N)c2c1.NNC(=O)Cc1cccc(Cl)c1.Nc1n[nH]c2ccc(/C=N/NC(=O)Cc3cccc(Cl)c3)cc12. The highest BCUT2D eigenvalue weighted by atomic mass is 35.5. The summed E-state index contributed by atoms with van der Waals surface area (Å²) in [5, 5.41) is 32.1. The first-order valence-electron chi connectivity index (χ1n) is 17.1. The summed E-state index contributed by atoms with van der Waals surface area (Å²) in [6, 6.07) is 30.7. The summed E-state index contributed by atoms with van der Waals surface area (Å²) in [5.74, 6) is 9.84. The predicted octanol–water partition coefficient (Wildman–Crippen LogP) is 5.95. The molecule has 7 aromatic rings. The number of carbonyl (C=O) groups excluding carboxylic acids is 3. The van der Waals surface area contributed by atoms with Crippen molar-refractivity contribution in [1.82, 2.24) is 31.2 Å². The van der Waals surface area contributed by atoms with Crippen LogP contribution in [-0.4, -0.2) is 50.9 Å². The van der Waals surface area contributed by atoms with Gasteiger partial charge in [-0.05, 0) is 89.0 Å². The molecular weight excluding hydrogens is 812 g/mol. The minimum Gasteiger partial charge on any atom is -0.382 e. The average molecular weight is 853 g/mol. The smallest absolute Gasteiger partial charge is 0.244 e. The Morgan fingerprint density at radius 1 is 0.767 bits per heavy atom. The van der Waals surface area contributed by atoms with E-state index in [1.807, 2.05) is 48.5 Å². The lowest BCUT2D eigenvalue weighted by Gasteiger charge is -2.01. The molecule has 0 unspecified atom stereocenters. The normalized spacial score (nSPS) is 10.2. The number of nitrogen functional groups attached to an aromatic ring is 2. The van der Waals surface area contributed by atoms with Crippen molar-refractivity contribution in [3.05, 3.63) is 152 Å². The summed E-state index contributed by atoms with van der Waals surface area (Å²) in [5.41, 5.74) is 21.3. The number of benzene rings is 5. The van der Waals surface area contributed by atoms with Gasteiger partial charge in [-0.3, -0.25) is 30.0 Å². The number of nitrogens with two attached hydrogens (primary N) is 4. The van der Waals surface area contributed by atoms with Crippen molar-refractivity contribution in [3.63, 3.8) is 0 Å². The third-order valence-electron chi connectivity index (χ3n) is 7.77. The Morgan fingerprint density at radius 2 is 1.28 bits per heavy atom. The molecule has 0 atom stereocenters. The number of nitrogens with one attached hydrogen (secondary N) is 4. The lowest BCUT2D eigenvalue weighted by Crippen LogP contribution is -2.31. The summed E-state index contributed by atoms with van der Waals surface area (Å²) in [7, 11) is 0. The predicted molar refractivity (Wildman–Crippen MR) is 234 cm³/mol. The van der Waals surface area contributed by atoms with Crippen LogP contribution < -0.4 is 34.0 Å². The number of aromatic nitrogens is 4. The lowest BCUT2D eigenvalue weighted by molar-refractivity contribution is -0.121. The lowest BCUT2D eigenvalue weighted by atomic mass is 10.1. The fourth-order valence-electron chi connectivity index (χ4n) is 4.99. The number of hydrogen-bond donors (Lipinski definition) is 8. The van der Waals surface area contributed by atoms with Crippen LogP contribution in [0.1, 0.15) is 45.6 Å². The maximum atomic E-state index is 12.6. The van der Waals surface area contributed by atoms with Crippen LogP contribution in [0.2, 0.25) is 10.0 Å². The van der Waals surface area contributed by atoms with E-state index in [-0.39, 0.29) is 37.6 Å². The van der Waals surface area contributed by atoms with Crippen LogP contribution in [0.5, 0.6) is 0 Å². The van der Waals surface area contributed by atoms with Crippen molar-refractivity contribution in [2.24, 2.45) is 21.9 Å². The van der Waals surface area contributed by atoms with Crippen LogP contribution in [0, 0.1) is 17.1 Å². The number of hydrogen-bond acceptors (Lipinski definition) is 12. The number of H-pyrrole nitrogens is 2. The van der Waals surface area contributed by atoms with Crippen LogP contribution in [-0.2, 0) is 22.4 Å². The number of nitrogens with zero attached hydrogens (tertiary/aromatic N) is 5. The summed E-state index contributed by atoms with van der Waals surface area (Å²) >= 11 is 11.6. The van der Waals surface area contributed by atoms with Crippen molar-refractivity contribution < 1.29 is 18.8 Å². The van der Waals surface area contributed by atoms with Crippen LogP contribution in [0.15, 0.2) is 113 Å². The number of amides is 2. The zero-order valence-electron chi connectivity index (χ0n) is 30.9. The van der Waals surface area contributed by atoms with E-state index >= 15 is 0 Å². The molecule has 5 aromatic carbocycles. The number of aldehydes is 1. The highest BCUT2D eigenvalue weighted by molar-refractivity contribution is 6.31. The quantitative estimate of drug-likeness (QED) is 0.0292. The van der Waals surface area contributed by atoms with Crippen molar-refractivity contribution in [1.29, 1.82) is 5.26 Å². The minimum absolute atomic E-state index is 0. The van der Waals surface area contributed by atoms with Gasteiger partial charge in [0.05, 0.1) is 41.9 Å². The highest BCUT2D eigenvalue weighted by Gasteiger charge is 2.05. The molecule has 7 rings (SSSR count). The van der Waals surface area contributed by atoms with Crippen molar-refractivity contribution >= 4 is 87.2 Å². The van der Waals surface area contributed by atoms with Gasteiger partial charge in [-0.15, -0.1) is 0 Å². The van der Waals surface area contributed by atoms with Gasteiger partial charge >= 0.3 is 0 Å². The number of halogens is 3. The minimum atomic E-state index is -0.599. The fraction of sp³-hybridized carbons (Fsp3) is 0.0732. The number of fused-ring (bicyclic) bond motifs is 2. The summed E-state index contributed by atoms with van der Waals surface area (Å²) in [6.45, 7) is 0. The number of hydrazone groups is 2. The van der Waals surface area contributed by atoms with E-state index < -0.39 is 5.82 Å². The highest BCUT2D eigenvalue weighted by Crippen LogP contribution is 2.19. The Morgan fingerprint density at radius 3 is 1.77 bits per heavy atom. The Labute approximate surface area is 353 Å². The van der Waals surface area contributed by atoms with Crippen molar-refractivity contribution in [2.45, 2.75) is 20.3 Å². The second-order valence-electron chi connectivity index (χ2n) is 12.0. The van der Waals surface area contributed by atoms with E-state index in [4.69, 9.17) is 51.6 Å². The standard InChI is InChI=1S/C16H14ClN5O.C8H9ClN2O.C8H4FNO.C8H9N5.CH4/c17-12-3-1-2-10(6-12)8-15(23)21-19-9-11-4-5-14-13(7-11)16(18)22-20-14;9-7-3-1-2-6(4-7)5-8(12)11-10;9-8-2-1-6(5-11)3-7(8)4-10;9-8-6-3-5(4-11-10)1-2-7(6)12-13-8;/h1-7,9H,8H2,(H,21,23)(H3,18,20,22);1-4H,5,10H2,(H,11,12);1-3,5H;1-4H,10H2,(H3,9,12,13);1H4/b19-9+;;;11-4+;. The van der Waals surface area contributed by atoms with E-state index in [9.17, 15) is 18.8 Å². The van der Waals surface area contributed by atoms with Gasteiger partial charge in [-0.25, -0.2) is 15.7 Å². The molecule has 0 fully saturated rings. The molecular formula is C41H40Cl2FN13O3. The van der Waals surface area contributed by atoms with Gasteiger partial charge in [0.25, 0.3) is 0 Å². The van der Waals surface area contributed by atoms with Gasteiger partial charge < -0.3 is 17.3 Å². The molecule has 0 saturated heterocycles.